The largest absolute Gasteiger partial charge is 0.496 e. The van der Waals surface area contributed by atoms with Crippen molar-refractivity contribution < 1.29 is 17.9 Å². The number of nitrogens with one attached hydrogen (secondary N) is 1. The minimum Gasteiger partial charge on any atom is -0.496 e. The van der Waals surface area contributed by atoms with Crippen molar-refractivity contribution in [3.8, 4) is 5.75 Å². The summed E-state index contributed by atoms with van der Waals surface area (Å²) in [5.74, 6) is 0.585. The van der Waals surface area contributed by atoms with Crippen molar-refractivity contribution >= 4 is 26.0 Å². The molecular weight excluding hydrogens is 384 g/mol. The summed E-state index contributed by atoms with van der Waals surface area (Å²) in [7, 11) is 1.89. The standard InChI is InChI=1S/C15H25BrN2O4S/c1-5-22-12(8-9-18(2)3)11-17-23(19,20)13-6-7-15(21-4)14(16)10-13/h6-7,10,12,17H,5,8-9,11H2,1-4H3/t12-/m1/s1. The van der Waals surface area contributed by atoms with Gasteiger partial charge < -0.3 is 14.4 Å². The second-order valence-electron chi connectivity index (χ2n) is 5.32. The minimum absolute atomic E-state index is 0.154. The van der Waals surface area contributed by atoms with E-state index in [1.807, 2.05) is 25.9 Å². The van der Waals surface area contributed by atoms with Gasteiger partial charge in [-0.1, -0.05) is 0 Å². The summed E-state index contributed by atoms with van der Waals surface area (Å²) in [5, 5.41) is 0. The number of methoxy groups -OCH3 is 1. The highest BCUT2D eigenvalue weighted by atomic mass is 79.9. The molecule has 0 bridgehead atoms. The first-order valence-corrected chi connectivity index (χ1v) is 9.67. The Kier molecular flexibility index (Phi) is 8.49. The van der Waals surface area contributed by atoms with E-state index >= 15 is 0 Å². The lowest BCUT2D eigenvalue weighted by atomic mass is 10.2. The molecule has 1 rings (SSSR count). The predicted molar refractivity (Wildman–Crippen MR) is 94.5 cm³/mol. The highest BCUT2D eigenvalue weighted by Gasteiger charge is 2.18. The third-order valence-electron chi connectivity index (χ3n) is 3.24. The third-order valence-corrected chi connectivity index (χ3v) is 5.28. The Morgan fingerprint density at radius 3 is 2.57 bits per heavy atom. The topological polar surface area (TPSA) is 67.9 Å². The van der Waals surface area contributed by atoms with Crippen LogP contribution in [0.5, 0.6) is 5.75 Å². The van der Waals surface area contributed by atoms with E-state index in [1.54, 1.807) is 6.07 Å². The van der Waals surface area contributed by atoms with Gasteiger partial charge in [-0.15, -0.1) is 0 Å². The summed E-state index contributed by atoms with van der Waals surface area (Å²) < 4.78 is 38.7. The lowest BCUT2D eigenvalue weighted by Crippen LogP contribution is -2.35. The molecule has 8 heteroatoms. The molecule has 0 amide bonds. The number of nitrogens with zero attached hydrogens (tertiary/aromatic N) is 1. The fourth-order valence-corrected chi connectivity index (χ4v) is 3.77. The summed E-state index contributed by atoms with van der Waals surface area (Å²) in [6.45, 7) is 3.53. The monoisotopic (exact) mass is 408 g/mol. The van der Waals surface area contributed by atoms with Crippen LogP contribution in [0.25, 0.3) is 0 Å². The highest BCUT2D eigenvalue weighted by molar-refractivity contribution is 9.10. The normalized spacial score (nSPS) is 13.3. The molecule has 0 spiro atoms. The van der Waals surface area contributed by atoms with Crippen LogP contribution in [0, 0.1) is 0 Å². The molecule has 0 radical (unpaired) electrons. The number of rotatable bonds is 10. The van der Waals surface area contributed by atoms with Gasteiger partial charge in [0.25, 0.3) is 0 Å². The van der Waals surface area contributed by atoms with Gasteiger partial charge in [0.2, 0.25) is 10.0 Å². The van der Waals surface area contributed by atoms with E-state index in [0.717, 1.165) is 13.0 Å². The van der Waals surface area contributed by atoms with Gasteiger partial charge in [0.1, 0.15) is 5.75 Å². The lowest BCUT2D eigenvalue weighted by Gasteiger charge is -2.20. The first-order valence-electron chi connectivity index (χ1n) is 7.39. The summed E-state index contributed by atoms with van der Waals surface area (Å²) in [6, 6.07) is 4.66. The van der Waals surface area contributed by atoms with Crippen LogP contribution in [0.2, 0.25) is 0 Å². The fraction of sp³-hybridized carbons (Fsp3) is 0.600. The summed E-state index contributed by atoms with van der Waals surface area (Å²) in [6.07, 6.45) is 0.606. The van der Waals surface area contributed by atoms with Crippen LogP contribution in [0.4, 0.5) is 0 Å². The first-order chi connectivity index (χ1) is 10.8. The van der Waals surface area contributed by atoms with Crippen LogP contribution in [0.15, 0.2) is 27.6 Å². The lowest BCUT2D eigenvalue weighted by molar-refractivity contribution is 0.0555. The number of hydrogen-bond donors (Lipinski definition) is 1. The number of benzene rings is 1. The second-order valence-corrected chi connectivity index (χ2v) is 7.94. The van der Waals surface area contributed by atoms with Crippen molar-refractivity contribution in [3.05, 3.63) is 22.7 Å². The number of halogens is 1. The molecule has 0 saturated heterocycles. The Balaban J connectivity index is 2.74. The molecule has 1 atom stereocenters. The van der Waals surface area contributed by atoms with Crippen LogP contribution >= 0.6 is 15.9 Å². The maximum Gasteiger partial charge on any atom is 0.240 e. The molecule has 0 aliphatic carbocycles. The summed E-state index contributed by atoms with van der Waals surface area (Å²) in [5.41, 5.74) is 0. The Hall–Kier alpha value is -0.670. The molecule has 23 heavy (non-hydrogen) atoms. The SMILES string of the molecule is CCO[C@H](CCN(C)C)CNS(=O)(=O)c1ccc(OC)c(Br)c1. The van der Waals surface area contributed by atoms with Crippen molar-refractivity contribution in [1.82, 2.24) is 9.62 Å². The van der Waals surface area contributed by atoms with E-state index in [0.29, 0.717) is 16.8 Å². The van der Waals surface area contributed by atoms with Crippen molar-refractivity contribution in [2.75, 3.05) is 40.9 Å². The van der Waals surface area contributed by atoms with E-state index in [-0.39, 0.29) is 17.5 Å². The van der Waals surface area contributed by atoms with Crippen molar-refractivity contribution in [3.63, 3.8) is 0 Å². The molecule has 0 fully saturated rings. The molecule has 1 N–H and O–H groups in total. The molecule has 6 nitrogen and oxygen atoms in total. The molecule has 0 heterocycles. The van der Waals surface area contributed by atoms with Crippen LogP contribution < -0.4 is 9.46 Å². The third kappa shape index (κ3) is 6.76. The quantitative estimate of drug-likeness (QED) is 0.641. The Labute approximate surface area is 147 Å². The number of ether oxygens (including phenoxy) is 2. The molecule has 0 aromatic heterocycles. The smallest absolute Gasteiger partial charge is 0.240 e. The molecule has 0 saturated carbocycles. The van der Waals surface area contributed by atoms with Crippen molar-refractivity contribution in [2.45, 2.75) is 24.3 Å². The molecular formula is C15H25BrN2O4S. The van der Waals surface area contributed by atoms with Crippen LogP contribution in [-0.4, -0.2) is 60.3 Å². The Bertz CT molecular complexity index is 593. The predicted octanol–water partition coefficient (Wildman–Crippen LogP) is 2.09. The van der Waals surface area contributed by atoms with E-state index in [2.05, 4.69) is 20.7 Å². The van der Waals surface area contributed by atoms with Gasteiger partial charge in [-0.3, -0.25) is 0 Å². The molecule has 0 unspecified atom stereocenters. The maximum absolute atomic E-state index is 12.4. The van der Waals surface area contributed by atoms with Gasteiger partial charge >= 0.3 is 0 Å². The summed E-state index contributed by atoms with van der Waals surface area (Å²) >= 11 is 3.30. The second kappa shape index (κ2) is 9.58. The van der Waals surface area contributed by atoms with Gasteiger partial charge in [-0.05, 0) is 61.6 Å². The van der Waals surface area contributed by atoms with Gasteiger partial charge in [0.05, 0.1) is 22.6 Å². The van der Waals surface area contributed by atoms with Crippen LogP contribution in [0.3, 0.4) is 0 Å². The van der Waals surface area contributed by atoms with Gasteiger partial charge in [0.15, 0.2) is 0 Å². The van der Waals surface area contributed by atoms with Crippen LogP contribution in [0.1, 0.15) is 13.3 Å². The van der Waals surface area contributed by atoms with E-state index in [9.17, 15) is 8.42 Å². The van der Waals surface area contributed by atoms with Crippen LogP contribution in [-0.2, 0) is 14.8 Å². The summed E-state index contributed by atoms with van der Waals surface area (Å²) in [4.78, 5) is 2.23. The Morgan fingerprint density at radius 1 is 1.35 bits per heavy atom. The molecule has 0 aliphatic heterocycles. The van der Waals surface area contributed by atoms with E-state index < -0.39 is 10.0 Å². The fourth-order valence-electron chi connectivity index (χ4n) is 1.98. The molecule has 1 aromatic rings. The average Bonchev–Trinajstić information content (AvgIpc) is 2.49. The number of sulfonamides is 1. The Morgan fingerprint density at radius 2 is 2.04 bits per heavy atom. The van der Waals surface area contributed by atoms with Crippen molar-refractivity contribution in [1.29, 1.82) is 0 Å². The maximum atomic E-state index is 12.4. The zero-order chi connectivity index (χ0) is 17.5. The van der Waals surface area contributed by atoms with Gasteiger partial charge in [-0.2, -0.15) is 0 Å². The molecule has 132 valence electrons. The van der Waals surface area contributed by atoms with E-state index in [1.165, 1.54) is 19.2 Å². The average molecular weight is 409 g/mol. The van der Waals surface area contributed by atoms with Gasteiger partial charge in [-0.25, -0.2) is 13.1 Å². The molecule has 0 aliphatic rings. The zero-order valence-corrected chi connectivity index (χ0v) is 16.4. The molecule has 1 aromatic carbocycles. The highest BCUT2D eigenvalue weighted by Crippen LogP contribution is 2.27. The van der Waals surface area contributed by atoms with E-state index in [4.69, 9.17) is 9.47 Å². The first kappa shape index (κ1) is 20.4. The van der Waals surface area contributed by atoms with Gasteiger partial charge in [0, 0.05) is 19.7 Å². The van der Waals surface area contributed by atoms with Crippen molar-refractivity contribution in [2.24, 2.45) is 0 Å². The minimum atomic E-state index is -3.59. The zero-order valence-electron chi connectivity index (χ0n) is 14.0. The number of hydrogen-bond acceptors (Lipinski definition) is 5.